The van der Waals surface area contributed by atoms with E-state index in [1.54, 1.807) is 18.2 Å². The molecule has 4 nitrogen and oxygen atoms in total. The minimum Gasteiger partial charge on any atom is -0.481 e. The van der Waals surface area contributed by atoms with E-state index in [-0.39, 0.29) is 12.0 Å². The highest BCUT2D eigenvalue weighted by Crippen LogP contribution is 2.41. The summed E-state index contributed by atoms with van der Waals surface area (Å²) in [6, 6.07) is 4.89. The van der Waals surface area contributed by atoms with Gasteiger partial charge in [-0.2, -0.15) is 0 Å². The Labute approximate surface area is 131 Å². The summed E-state index contributed by atoms with van der Waals surface area (Å²) in [7, 11) is 0. The average Bonchev–Trinajstić information content (AvgIpc) is 2.37. The van der Waals surface area contributed by atoms with Crippen molar-refractivity contribution in [1.82, 2.24) is 0 Å². The first-order valence-electron chi connectivity index (χ1n) is 6.09. The van der Waals surface area contributed by atoms with Crippen molar-refractivity contribution in [2.45, 2.75) is 13.3 Å². The van der Waals surface area contributed by atoms with Crippen LogP contribution in [0, 0.1) is 5.41 Å². The van der Waals surface area contributed by atoms with Crippen LogP contribution in [0.5, 0.6) is 0 Å². The van der Waals surface area contributed by atoms with Gasteiger partial charge in [-0.05, 0) is 37.1 Å². The van der Waals surface area contributed by atoms with E-state index in [1.807, 2.05) is 0 Å². The van der Waals surface area contributed by atoms with Crippen molar-refractivity contribution in [2.75, 3.05) is 0 Å². The first-order chi connectivity index (χ1) is 9.74. The Morgan fingerprint density at radius 1 is 1.19 bits per heavy atom. The summed E-state index contributed by atoms with van der Waals surface area (Å²) in [5.74, 6) is -2.26. The number of halogens is 2. The molecule has 0 radical (unpaired) electrons. The molecule has 0 saturated carbocycles. The van der Waals surface area contributed by atoms with Crippen LogP contribution in [0.3, 0.4) is 0 Å². The van der Waals surface area contributed by atoms with Gasteiger partial charge in [0, 0.05) is 21.2 Å². The van der Waals surface area contributed by atoms with Gasteiger partial charge in [0.2, 0.25) is 0 Å². The number of carboxylic acid groups (broad SMARTS) is 2. The molecule has 2 rings (SSSR count). The topological polar surface area (TPSA) is 74.6 Å². The molecule has 1 aliphatic carbocycles. The number of hydrogen-bond acceptors (Lipinski definition) is 2. The summed E-state index contributed by atoms with van der Waals surface area (Å²) in [6.07, 6.45) is 2.82. The van der Waals surface area contributed by atoms with Crippen LogP contribution in [0.1, 0.15) is 18.9 Å². The van der Waals surface area contributed by atoms with Crippen molar-refractivity contribution in [2.24, 2.45) is 5.41 Å². The fourth-order valence-corrected chi connectivity index (χ4v) is 2.88. The molecule has 21 heavy (non-hydrogen) atoms. The number of carbonyl (C=O) groups is 2. The van der Waals surface area contributed by atoms with Crippen LogP contribution >= 0.6 is 23.2 Å². The maximum Gasteiger partial charge on any atom is 0.331 e. The van der Waals surface area contributed by atoms with E-state index in [4.69, 9.17) is 23.2 Å². The standard InChI is InChI=1S/C15H12Cl2O4/c1-15(14(20)21)6-8(5-9(7-15)13(18)19)12-10(16)3-2-4-11(12)17/h2-6H,7H2,1H3,(H,18,19)(H,20,21). The highest BCUT2D eigenvalue weighted by Gasteiger charge is 2.37. The van der Waals surface area contributed by atoms with Crippen LogP contribution in [0.2, 0.25) is 10.0 Å². The molecule has 0 heterocycles. The van der Waals surface area contributed by atoms with Crippen molar-refractivity contribution in [3.05, 3.63) is 51.5 Å². The van der Waals surface area contributed by atoms with E-state index in [0.717, 1.165) is 0 Å². The predicted molar refractivity (Wildman–Crippen MR) is 80.5 cm³/mol. The molecule has 6 heteroatoms. The van der Waals surface area contributed by atoms with Gasteiger partial charge in [0.25, 0.3) is 0 Å². The van der Waals surface area contributed by atoms with E-state index < -0.39 is 17.4 Å². The lowest BCUT2D eigenvalue weighted by molar-refractivity contribution is -0.145. The summed E-state index contributed by atoms with van der Waals surface area (Å²) in [6.45, 7) is 1.47. The molecular formula is C15H12Cl2O4. The Balaban J connectivity index is 2.67. The smallest absolute Gasteiger partial charge is 0.331 e. The van der Waals surface area contributed by atoms with Crippen molar-refractivity contribution in [3.8, 4) is 0 Å². The number of allylic oxidation sites excluding steroid dienone is 2. The molecule has 0 saturated heterocycles. The molecule has 0 aromatic heterocycles. The second-order valence-electron chi connectivity index (χ2n) is 5.07. The van der Waals surface area contributed by atoms with Crippen LogP contribution in [0.4, 0.5) is 0 Å². The fourth-order valence-electron chi connectivity index (χ4n) is 2.26. The zero-order valence-electron chi connectivity index (χ0n) is 11.1. The fraction of sp³-hybridized carbons (Fsp3) is 0.200. The predicted octanol–water partition coefficient (Wildman–Crippen LogP) is 3.88. The Morgan fingerprint density at radius 2 is 1.76 bits per heavy atom. The Hall–Kier alpha value is -1.78. The highest BCUT2D eigenvalue weighted by molar-refractivity contribution is 6.37. The highest BCUT2D eigenvalue weighted by atomic mass is 35.5. The van der Waals surface area contributed by atoms with E-state index in [1.165, 1.54) is 19.1 Å². The third-order valence-corrected chi connectivity index (χ3v) is 4.01. The van der Waals surface area contributed by atoms with Crippen LogP contribution in [0.25, 0.3) is 5.57 Å². The van der Waals surface area contributed by atoms with Crippen molar-refractivity contribution >= 4 is 40.7 Å². The van der Waals surface area contributed by atoms with Gasteiger partial charge in [-0.15, -0.1) is 0 Å². The van der Waals surface area contributed by atoms with E-state index in [9.17, 15) is 19.8 Å². The van der Waals surface area contributed by atoms with Gasteiger partial charge in [-0.25, -0.2) is 4.79 Å². The van der Waals surface area contributed by atoms with Crippen LogP contribution in [-0.4, -0.2) is 22.2 Å². The number of rotatable bonds is 3. The van der Waals surface area contributed by atoms with Crippen molar-refractivity contribution < 1.29 is 19.8 Å². The SMILES string of the molecule is CC1(C(=O)O)C=C(c2c(Cl)cccc2Cl)C=C(C(=O)O)C1. The third kappa shape index (κ3) is 2.96. The molecule has 1 unspecified atom stereocenters. The number of hydrogen-bond donors (Lipinski definition) is 2. The molecule has 1 aromatic carbocycles. The van der Waals surface area contributed by atoms with Crippen LogP contribution in [-0.2, 0) is 9.59 Å². The lowest BCUT2D eigenvalue weighted by atomic mass is 9.76. The molecule has 1 atom stereocenters. The van der Waals surface area contributed by atoms with Gasteiger partial charge in [-0.3, -0.25) is 4.79 Å². The van der Waals surface area contributed by atoms with Crippen LogP contribution < -0.4 is 0 Å². The molecular weight excluding hydrogens is 315 g/mol. The Morgan fingerprint density at radius 3 is 2.24 bits per heavy atom. The number of carboxylic acids is 2. The molecule has 2 N–H and O–H groups in total. The summed E-state index contributed by atoms with van der Waals surface area (Å²) in [5, 5.41) is 19.2. The van der Waals surface area contributed by atoms with E-state index in [0.29, 0.717) is 21.2 Å². The zero-order chi connectivity index (χ0) is 15.8. The maximum atomic E-state index is 11.5. The third-order valence-electron chi connectivity index (χ3n) is 3.38. The maximum absolute atomic E-state index is 11.5. The summed E-state index contributed by atoms with van der Waals surface area (Å²) in [4.78, 5) is 22.7. The molecule has 0 bridgehead atoms. The van der Waals surface area contributed by atoms with Crippen LogP contribution in [0.15, 0.2) is 35.9 Å². The van der Waals surface area contributed by atoms with Gasteiger partial charge >= 0.3 is 11.9 Å². The van der Waals surface area contributed by atoms with Gasteiger partial charge < -0.3 is 10.2 Å². The average molecular weight is 327 g/mol. The monoisotopic (exact) mass is 326 g/mol. The Kier molecular flexibility index (Phi) is 4.12. The van der Waals surface area contributed by atoms with Gasteiger partial charge in [0.15, 0.2) is 0 Å². The summed E-state index contributed by atoms with van der Waals surface area (Å²) >= 11 is 12.2. The molecule has 0 fully saturated rings. The summed E-state index contributed by atoms with van der Waals surface area (Å²) < 4.78 is 0. The second-order valence-corrected chi connectivity index (χ2v) is 5.88. The minimum absolute atomic E-state index is 0.00777. The van der Waals surface area contributed by atoms with Gasteiger partial charge in [0.05, 0.1) is 5.41 Å². The lowest BCUT2D eigenvalue weighted by Crippen LogP contribution is -2.29. The van der Waals surface area contributed by atoms with Crippen molar-refractivity contribution in [1.29, 1.82) is 0 Å². The van der Waals surface area contributed by atoms with E-state index in [2.05, 4.69) is 0 Å². The molecule has 1 aliphatic rings. The normalized spacial score (nSPS) is 21.5. The first kappa shape index (κ1) is 15.6. The first-order valence-corrected chi connectivity index (χ1v) is 6.85. The van der Waals surface area contributed by atoms with Crippen molar-refractivity contribution in [3.63, 3.8) is 0 Å². The minimum atomic E-state index is -1.32. The second kappa shape index (κ2) is 5.54. The Bertz CT molecular complexity index is 671. The summed E-state index contributed by atoms with van der Waals surface area (Å²) in [5.41, 5.74) is -0.473. The molecule has 0 aliphatic heterocycles. The molecule has 110 valence electrons. The number of aliphatic carboxylic acids is 2. The molecule has 0 spiro atoms. The largest absolute Gasteiger partial charge is 0.481 e. The van der Waals surface area contributed by atoms with Gasteiger partial charge in [0.1, 0.15) is 0 Å². The quantitative estimate of drug-likeness (QED) is 0.883. The molecule has 1 aromatic rings. The van der Waals surface area contributed by atoms with Gasteiger partial charge in [-0.1, -0.05) is 35.3 Å². The number of benzene rings is 1. The lowest BCUT2D eigenvalue weighted by Gasteiger charge is -2.27. The molecule has 0 amide bonds. The zero-order valence-corrected chi connectivity index (χ0v) is 12.6. The van der Waals surface area contributed by atoms with E-state index >= 15 is 0 Å².